The smallest absolute Gasteiger partial charge is 0.251 e. The maximum atomic E-state index is 12.3. The summed E-state index contributed by atoms with van der Waals surface area (Å²) >= 11 is 0. The minimum Gasteiger partial charge on any atom is -0.349 e. The SMILES string of the molecule is CNS(=O)(=O)c1cccc(C(=O)NC2CCCCCC2)c1. The summed E-state index contributed by atoms with van der Waals surface area (Å²) in [6.07, 6.45) is 6.73. The molecule has 0 radical (unpaired) electrons. The van der Waals surface area contributed by atoms with Crippen LogP contribution in [0.5, 0.6) is 0 Å². The van der Waals surface area contributed by atoms with Crippen LogP contribution in [0.4, 0.5) is 0 Å². The Morgan fingerprint density at radius 3 is 2.43 bits per heavy atom. The molecule has 6 heteroatoms. The van der Waals surface area contributed by atoms with Crippen molar-refractivity contribution in [1.82, 2.24) is 10.0 Å². The summed E-state index contributed by atoms with van der Waals surface area (Å²) in [4.78, 5) is 12.4. The van der Waals surface area contributed by atoms with E-state index < -0.39 is 10.0 Å². The van der Waals surface area contributed by atoms with Gasteiger partial charge in [0.2, 0.25) is 10.0 Å². The molecule has 2 N–H and O–H groups in total. The lowest BCUT2D eigenvalue weighted by Crippen LogP contribution is -2.34. The molecule has 1 saturated carbocycles. The molecule has 0 spiro atoms. The van der Waals surface area contributed by atoms with Crippen molar-refractivity contribution < 1.29 is 13.2 Å². The van der Waals surface area contributed by atoms with Gasteiger partial charge in [0.25, 0.3) is 5.91 Å². The van der Waals surface area contributed by atoms with Gasteiger partial charge < -0.3 is 5.32 Å². The van der Waals surface area contributed by atoms with Gasteiger partial charge in [-0.1, -0.05) is 31.7 Å². The average Bonchev–Trinajstić information content (AvgIpc) is 2.76. The molecule has 2 rings (SSSR count). The third kappa shape index (κ3) is 4.28. The van der Waals surface area contributed by atoms with Crippen LogP contribution in [0.25, 0.3) is 0 Å². The Balaban J connectivity index is 2.10. The third-order valence-corrected chi connectivity index (χ3v) is 5.28. The number of benzene rings is 1. The molecule has 0 aromatic heterocycles. The molecule has 0 atom stereocenters. The fourth-order valence-corrected chi connectivity index (χ4v) is 3.39. The van der Waals surface area contributed by atoms with Crippen LogP contribution in [0.15, 0.2) is 29.2 Å². The fraction of sp³-hybridized carbons (Fsp3) is 0.533. The van der Waals surface area contributed by atoms with E-state index in [9.17, 15) is 13.2 Å². The molecule has 0 heterocycles. The van der Waals surface area contributed by atoms with E-state index in [1.807, 2.05) is 0 Å². The highest BCUT2D eigenvalue weighted by Gasteiger charge is 2.18. The van der Waals surface area contributed by atoms with Crippen molar-refractivity contribution >= 4 is 15.9 Å². The lowest BCUT2D eigenvalue weighted by atomic mass is 10.1. The minimum absolute atomic E-state index is 0.110. The van der Waals surface area contributed by atoms with Gasteiger partial charge in [-0.3, -0.25) is 4.79 Å². The highest BCUT2D eigenvalue weighted by atomic mass is 32.2. The van der Waals surface area contributed by atoms with Gasteiger partial charge in [-0.15, -0.1) is 0 Å². The van der Waals surface area contributed by atoms with E-state index in [0.717, 1.165) is 25.7 Å². The van der Waals surface area contributed by atoms with Crippen molar-refractivity contribution in [2.45, 2.75) is 49.5 Å². The molecule has 116 valence electrons. The number of rotatable bonds is 4. The molecular formula is C15H22N2O3S. The quantitative estimate of drug-likeness (QED) is 0.836. The van der Waals surface area contributed by atoms with Crippen molar-refractivity contribution in [2.75, 3.05) is 7.05 Å². The number of carbonyl (C=O) groups excluding carboxylic acids is 1. The number of hydrogen-bond donors (Lipinski definition) is 2. The van der Waals surface area contributed by atoms with E-state index in [2.05, 4.69) is 10.0 Å². The first kappa shape index (κ1) is 16.0. The van der Waals surface area contributed by atoms with E-state index in [-0.39, 0.29) is 16.8 Å². The molecule has 1 aromatic carbocycles. The summed E-state index contributed by atoms with van der Waals surface area (Å²) in [7, 11) is -2.17. The van der Waals surface area contributed by atoms with E-state index in [0.29, 0.717) is 5.56 Å². The number of carbonyl (C=O) groups is 1. The Morgan fingerprint density at radius 2 is 1.81 bits per heavy atom. The van der Waals surface area contributed by atoms with Crippen molar-refractivity contribution in [2.24, 2.45) is 0 Å². The Bertz CT molecular complexity index is 591. The summed E-state index contributed by atoms with van der Waals surface area (Å²) in [5, 5.41) is 3.02. The molecule has 1 fully saturated rings. The highest BCUT2D eigenvalue weighted by Crippen LogP contribution is 2.18. The summed E-state index contributed by atoms with van der Waals surface area (Å²) < 4.78 is 25.8. The molecular weight excluding hydrogens is 288 g/mol. The first-order valence-electron chi connectivity index (χ1n) is 7.37. The van der Waals surface area contributed by atoms with E-state index in [1.54, 1.807) is 12.1 Å². The standard InChI is InChI=1S/C15H22N2O3S/c1-16-21(19,20)14-10-6-7-12(11-14)15(18)17-13-8-4-2-3-5-9-13/h6-7,10-11,13,16H,2-5,8-9H2,1H3,(H,17,18). The normalized spacial score (nSPS) is 17.2. The highest BCUT2D eigenvalue weighted by molar-refractivity contribution is 7.89. The molecule has 0 unspecified atom stereocenters. The van der Waals surface area contributed by atoms with Gasteiger partial charge >= 0.3 is 0 Å². The van der Waals surface area contributed by atoms with Gasteiger partial charge in [0.05, 0.1) is 4.90 Å². The first-order chi connectivity index (χ1) is 10.0. The Kier molecular flexibility index (Phi) is 5.36. The van der Waals surface area contributed by atoms with Crippen LogP contribution < -0.4 is 10.0 Å². The van der Waals surface area contributed by atoms with Crippen LogP contribution >= 0.6 is 0 Å². The second kappa shape index (κ2) is 7.04. The zero-order valence-corrected chi connectivity index (χ0v) is 13.1. The van der Waals surface area contributed by atoms with Crippen LogP contribution in [0, 0.1) is 0 Å². The number of sulfonamides is 1. The predicted molar refractivity (Wildman–Crippen MR) is 81.6 cm³/mol. The average molecular weight is 310 g/mol. The Hall–Kier alpha value is -1.40. The van der Waals surface area contributed by atoms with Crippen LogP contribution in [-0.4, -0.2) is 27.4 Å². The Labute approximate surface area is 126 Å². The van der Waals surface area contributed by atoms with Gasteiger partial charge in [0.15, 0.2) is 0 Å². The second-order valence-corrected chi connectivity index (χ2v) is 7.28. The monoisotopic (exact) mass is 310 g/mol. The lowest BCUT2D eigenvalue weighted by molar-refractivity contribution is 0.0933. The number of amides is 1. The maximum Gasteiger partial charge on any atom is 0.251 e. The zero-order valence-electron chi connectivity index (χ0n) is 12.3. The molecule has 1 aliphatic carbocycles. The van der Waals surface area contributed by atoms with Crippen LogP contribution in [0.1, 0.15) is 48.9 Å². The van der Waals surface area contributed by atoms with Crippen molar-refractivity contribution in [1.29, 1.82) is 0 Å². The first-order valence-corrected chi connectivity index (χ1v) is 8.86. The molecule has 0 saturated heterocycles. The molecule has 5 nitrogen and oxygen atoms in total. The van der Waals surface area contributed by atoms with Gasteiger partial charge in [-0.05, 0) is 38.1 Å². The largest absolute Gasteiger partial charge is 0.349 e. The fourth-order valence-electron chi connectivity index (χ4n) is 2.61. The van der Waals surface area contributed by atoms with E-state index in [1.165, 1.54) is 32.0 Å². The molecule has 1 aliphatic rings. The van der Waals surface area contributed by atoms with Gasteiger partial charge in [0, 0.05) is 11.6 Å². The van der Waals surface area contributed by atoms with Gasteiger partial charge in [-0.25, -0.2) is 13.1 Å². The van der Waals surface area contributed by atoms with Crippen LogP contribution in [0.3, 0.4) is 0 Å². The molecule has 0 bridgehead atoms. The van der Waals surface area contributed by atoms with Crippen molar-refractivity contribution in [3.8, 4) is 0 Å². The molecule has 1 aromatic rings. The van der Waals surface area contributed by atoms with Gasteiger partial charge in [-0.2, -0.15) is 0 Å². The Morgan fingerprint density at radius 1 is 1.14 bits per heavy atom. The van der Waals surface area contributed by atoms with Crippen molar-refractivity contribution in [3.63, 3.8) is 0 Å². The maximum absolute atomic E-state index is 12.3. The lowest BCUT2D eigenvalue weighted by Gasteiger charge is -2.16. The van der Waals surface area contributed by atoms with E-state index in [4.69, 9.17) is 0 Å². The minimum atomic E-state index is -3.52. The number of hydrogen-bond acceptors (Lipinski definition) is 3. The summed E-state index contributed by atoms with van der Waals surface area (Å²) in [6, 6.07) is 6.32. The molecule has 21 heavy (non-hydrogen) atoms. The van der Waals surface area contributed by atoms with Crippen LogP contribution in [-0.2, 0) is 10.0 Å². The summed E-state index contributed by atoms with van der Waals surface area (Å²) in [5.41, 5.74) is 0.385. The van der Waals surface area contributed by atoms with Crippen molar-refractivity contribution in [3.05, 3.63) is 29.8 Å². The summed E-state index contributed by atoms with van der Waals surface area (Å²) in [6.45, 7) is 0. The van der Waals surface area contributed by atoms with E-state index >= 15 is 0 Å². The van der Waals surface area contributed by atoms with Crippen LogP contribution in [0.2, 0.25) is 0 Å². The zero-order chi connectivity index (χ0) is 15.3. The molecule has 0 aliphatic heterocycles. The number of nitrogens with one attached hydrogen (secondary N) is 2. The third-order valence-electron chi connectivity index (χ3n) is 3.87. The predicted octanol–water partition coefficient (Wildman–Crippen LogP) is 2.05. The van der Waals surface area contributed by atoms with Gasteiger partial charge in [0.1, 0.15) is 0 Å². The second-order valence-electron chi connectivity index (χ2n) is 5.40. The summed E-state index contributed by atoms with van der Waals surface area (Å²) in [5.74, 6) is -0.199. The molecule has 1 amide bonds. The topological polar surface area (TPSA) is 75.3 Å².